The van der Waals surface area contributed by atoms with Gasteiger partial charge in [0.05, 0.1) is 11.6 Å². The normalized spacial score (nSPS) is 18.5. The first-order valence-corrected chi connectivity index (χ1v) is 8.89. The number of carbonyl (C=O) groups is 2. The maximum atomic E-state index is 12.4. The van der Waals surface area contributed by atoms with Crippen LogP contribution in [0.25, 0.3) is 0 Å². The SMILES string of the molecule is CC1C(=O)N2CCCc3cc(NC(=O)c4ccc(Br)cc4)cc1c32. The van der Waals surface area contributed by atoms with E-state index in [9.17, 15) is 9.59 Å². The highest BCUT2D eigenvalue weighted by Crippen LogP contribution is 2.44. The van der Waals surface area contributed by atoms with Crippen LogP contribution in [-0.4, -0.2) is 18.4 Å². The van der Waals surface area contributed by atoms with Crippen molar-refractivity contribution in [1.82, 2.24) is 0 Å². The third kappa shape index (κ3) is 2.44. The van der Waals surface area contributed by atoms with Gasteiger partial charge in [0, 0.05) is 22.3 Å². The molecule has 122 valence electrons. The number of rotatable bonds is 2. The van der Waals surface area contributed by atoms with Crippen molar-refractivity contribution in [1.29, 1.82) is 0 Å². The number of halogens is 1. The van der Waals surface area contributed by atoms with Gasteiger partial charge in [-0.05, 0) is 67.3 Å². The summed E-state index contributed by atoms with van der Waals surface area (Å²) in [6.45, 7) is 2.74. The average molecular weight is 385 g/mol. The number of hydrogen-bond acceptors (Lipinski definition) is 2. The minimum absolute atomic E-state index is 0.138. The molecule has 0 aromatic heterocycles. The fraction of sp³-hybridized carbons (Fsp3) is 0.263. The highest BCUT2D eigenvalue weighted by molar-refractivity contribution is 9.10. The molecule has 0 bridgehead atoms. The van der Waals surface area contributed by atoms with E-state index in [0.717, 1.165) is 46.4 Å². The van der Waals surface area contributed by atoms with E-state index in [1.54, 1.807) is 12.1 Å². The molecule has 0 spiro atoms. The number of nitrogens with one attached hydrogen (secondary N) is 1. The lowest BCUT2D eigenvalue weighted by Gasteiger charge is -2.26. The van der Waals surface area contributed by atoms with Gasteiger partial charge in [0.15, 0.2) is 0 Å². The molecule has 2 aliphatic heterocycles. The number of carbonyl (C=O) groups excluding carboxylic acids is 2. The Kier molecular flexibility index (Phi) is 3.68. The van der Waals surface area contributed by atoms with E-state index in [4.69, 9.17) is 0 Å². The fourth-order valence-electron chi connectivity index (χ4n) is 3.57. The lowest BCUT2D eigenvalue weighted by molar-refractivity contribution is -0.119. The predicted molar refractivity (Wildman–Crippen MR) is 97.6 cm³/mol. The molecule has 4 nitrogen and oxygen atoms in total. The fourth-order valence-corrected chi connectivity index (χ4v) is 3.84. The second kappa shape index (κ2) is 5.74. The Balaban J connectivity index is 1.67. The van der Waals surface area contributed by atoms with Gasteiger partial charge >= 0.3 is 0 Å². The molecule has 0 aliphatic carbocycles. The van der Waals surface area contributed by atoms with Crippen molar-refractivity contribution in [2.24, 2.45) is 0 Å². The third-order valence-corrected chi connectivity index (χ3v) is 5.31. The highest BCUT2D eigenvalue weighted by Gasteiger charge is 2.37. The number of hydrogen-bond donors (Lipinski definition) is 1. The van der Waals surface area contributed by atoms with E-state index < -0.39 is 0 Å². The van der Waals surface area contributed by atoms with E-state index in [2.05, 4.69) is 21.2 Å². The van der Waals surface area contributed by atoms with Crippen LogP contribution in [0.2, 0.25) is 0 Å². The Morgan fingerprint density at radius 1 is 1.25 bits per heavy atom. The summed E-state index contributed by atoms with van der Waals surface area (Å²) in [6, 6.07) is 11.2. The summed E-state index contributed by atoms with van der Waals surface area (Å²) in [5.41, 5.74) is 4.63. The van der Waals surface area contributed by atoms with Crippen LogP contribution < -0.4 is 10.2 Å². The van der Waals surface area contributed by atoms with Gasteiger partial charge in [-0.3, -0.25) is 9.59 Å². The summed E-state index contributed by atoms with van der Waals surface area (Å²) < 4.78 is 0.938. The highest BCUT2D eigenvalue weighted by atomic mass is 79.9. The lowest BCUT2D eigenvalue weighted by atomic mass is 9.96. The summed E-state index contributed by atoms with van der Waals surface area (Å²) in [5, 5.41) is 2.97. The molecular weight excluding hydrogens is 368 g/mol. The van der Waals surface area contributed by atoms with Crippen LogP contribution in [0, 0.1) is 0 Å². The van der Waals surface area contributed by atoms with Crippen molar-refractivity contribution < 1.29 is 9.59 Å². The van der Waals surface area contributed by atoms with Gasteiger partial charge in [0.1, 0.15) is 0 Å². The summed E-state index contributed by atoms with van der Waals surface area (Å²) in [6.07, 6.45) is 1.91. The molecule has 0 saturated carbocycles. The zero-order valence-corrected chi connectivity index (χ0v) is 14.9. The summed E-state index contributed by atoms with van der Waals surface area (Å²) in [4.78, 5) is 26.7. The van der Waals surface area contributed by atoms with Crippen LogP contribution in [0.5, 0.6) is 0 Å². The van der Waals surface area contributed by atoms with Crippen molar-refractivity contribution in [3.05, 3.63) is 57.6 Å². The van der Waals surface area contributed by atoms with Crippen LogP contribution >= 0.6 is 15.9 Å². The quantitative estimate of drug-likeness (QED) is 0.847. The maximum Gasteiger partial charge on any atom is 0.255 e. The van der Waals surface area contributed by atoms with E-state index in [0.29, 0.717) is 5.56 Å². The Bertz CT molecular complexity index is 845. The zero-order chi connectivity index (χ0) is 16.8. The van der Waals surface area contributed by atoms with Crippen LogP contribution in [0.4, 0.5) is 11.4 Å². The smallest absolute Gasteiger partial charge is 0.255 e. The van der Waals surface area contributed by atoms with Crippen molar-refractivity contribution >= 4 is 39.1 Å². The van der Waals surface area contributed by atoms with Gasteiger partial charge in [-0.2, -0.15) is 0 Å². The molecule has 0 fully saturated rings. The second-order valence-electron chi connectivity index (χ2n) is 6.35. The third-order valence-electron chi connectivity index (χ3n) is 4.78. The molecule has 5 heteroatoms. The monoisotopic (exact) mass is 384 g/mol. The van der Waals surface area contributed by atoms with Crippen LogP contribution in [0.3, 0.4) is 0 Å². The molecule has 2 heterocycles. The first-order chi connectivity index (χ1) is 11.5. The van der Waals surface area contributed by atoms with E-state index in [1.165, 1.54) is 0 Å². The molecule has 1 atom stereocenters. The first kappa shape index (κ1) is 15.4. The molecule has 0 saturated heterocycles. The standard InChI is InChI=1S/C19H17BrN2O2/c1-11-16-10-15(21-18(23)12-4-6-14(20)7-5-12)9-13-3-2-8-22(17(13)16)19(11)24/h4-7,9-11H,2-3,8H2,1H3,(H,21,23). The van der Waals surface area contributed by atoms with Gasteiger partial charge in [-0.15, -0.1) is 0 Å². The second-order valence-corrected chi connectivity index (χ2v) is 7.27. The first-order valence-electron chi connectivity index (χ1n) is 8.09. The molecule has 2 aromatic carbocycles. The topological polar surface area (TPSA) is 49.4 Å². The van der Waals surface area contributed by atoms with Gasteiger partial charge < -0.3 is 10.2 Å². The summed E-state index contributed by atoms with van der Waals surface area (Å²) in [7, 11) is 0. The lowest BCUT2D eigenvalue weighted by Crippen LogP contribution is -2.32. The van der Waals surface area contributed by atoms with Crippen LogP contribution in [0.15, 0.2) is 40.9 Å². The van der Waals surface area contributed by atoms with Gasteiger partial charge in [0.2, 0.25) is 5.91 Å². The van der Waals surface area contributed by atoms with Crippen molar-refractivity contribution in [3.63, 3.8) is 0 Å². The molecule has 2 amide bonds. The summed E-state index contributed by atoms with van der Waals surface area (Å²) >= 11 is 3.37. The molecule has 0 radical (unpaired) electrons. The number of nitrogens with zero attached hydrogens (tertiary/aromatic N) is 1. The minimum Gasteiger partial charge on any atom is -0.322 e. The Labute approximate surface area is 149 Å². The molecule has 1 unspecified atom stereocenters. The number of anilines is 2. The van der Waals surface area contributed by atoms with Gasteiger partial charge in [-0.1, -0.05) is 15.9 Å². The van der Waals surface area contributed by atoms with Crippen molar-refractivity contribution in [3.8, 4) is 0 Å². The van der Waals surface area contributed by atoms with E-state index in [1.807, 2.05) is 36.1 Å². The largest absolute Gasteiger partial charge is 0.322 e. The molecular formula is C19H17BrN2O2. The number of aryl methyl sites for hydroxylation is 1. The van der Waals surface area contributed by atoms with Gasteiger partial charge in [-0.25, -0.2) is 0 Å². The molecule has 4 rings (SSSR count). The Morgan fingerprint density at radius 3 is 2.75 bits per heavy atom. The minimum atomic E-state index is -0.140. The Morgan fingerprint density at radius 2 is 2.00 bits per heavy atom. The van der Waals surface area contributed by atoms with Crippen LogP contribution in [0.1, 0.15) is 40.7 Å². The average Bonchev–Trinajstić information content (AvgIpc) is 2.82. The summed E-state index contributed by atoms with van der Waals surface area (Å²) in [5.74, 6) is -0.108. The molecule has 2 aromatic rings. The predicted octanol–water partition coefficient (Wildman–Crippen LogP) is 4.10. The Hall–Kier alpha value is -2.14. The molecule has 2 aliphatic rings. The van der Waals surface area contributed by atoms with Crippen molar-refractivity contribution in [2.45, 2.75) is 25.7 Å². The number of benzene rings is 2. The molecule has 24 heavy (non-hydrogen) atoms. The zero-order valence-electron chi connectivity index (χ0n) is 13.3. The van der Waals surface area contributed by atoms with Crippen molar-refractivity contribution in [2.75, 3.05) is 16.8 Å². The molecule has 1 N–H and O–H groups in total. The van der Waals surface area contributed by atoms with E-state index in [-0.39, 0.29) is 17.7 Å². The van der Waals surface area contributed by atoms with E-state index >= 15 is 0 Å². The maximum absolute atomic E-state index is 12.4. The van der Waals surface area contributed by atoms with Crippen LogP contribution in [-0.2, 0) is 11.2 Å². The number of amides is 2. The van der Waals surface area contributed by atoms with Gasteiger partial charge in [0.25, 0.3) is 5.91 Å².